The number of halogens is 2. The van der Waals surface area contributed by atoms with Crippen LogP contribution in [-0.2, 0) is 6.42 Å². The van der Waals surface area contributed by atoms with Gasteiger partial charge in [-0.05, 0) is 53.8 Å². The van der Waals surface area contributed by atoms with Gasteiger partial charge in [0.2, 0.25) is 5.82 Å². The van der Waals surface area contributed by atoms with Gasteiger partial charge in [-0.2, -0.15) is 9.65 Å². The van der Waals surface area contributed by atoms with Gasteiger partial charge in [0.1, 0.15) is 6.07 Å². The normalized spacial score (nSPS) is 10.5. The number of esters is 1. The summed E-state index contributed by atoms with van der Waals surface area (Å²) in [5.74, 6) is -4.06. The molecule has 0 saturated carbocycles. The molecule has 0 unspecified atom stereocenters. The van der Waals surface area contributed by atoms with Crippen LogP contribution in [0.25, 0.3) is 11.1 Å². The molecule has 3 rings (SSSR count). The van der Waals surface area contributed by atoms with Crippen molar-refractivity contribution in [1.82, 2.24) is 0 Å². The van der Waals surface area contributed by atoms with Crippen LogP contribution in [0.3, 0.4) is 0 Å². The van der Waals surface area contributed by atoms with Crippen molar-refractivity contribution >= 4 is 5.97 Å². The highest BCUT2D eigenvalue weighted by molar-refractivity contribution is 5.91. The van der Waals surface area contributed by atoms with Crippen molar-refractivity contribution in [2.45, 2.75) is 39.0 Å². The zero-order chi connectivity index (χ0) is 22.2. The number of aryl methyl sites for hydroxylation is 1. The fourth-order valence-corrected chi connectivity index (χ4v) is 3.27. The summed E-state index contributed by atoms with van der Waals surface area (Å²) in [5.41, 5.74) is 3.02. The van der Waals surface area contributed by atoms with Crippen LogP contribution in [0.2, 0.25) is 0 Å². The molecule has 0 amide bonds. The number of carbonyl (C=O) groups is 1. The molecule has 0 saturated heterocycles. The Bertz CT molecular complexity index is 1080. The Morgan fingerprint density at radius 3 is 2.13 bits per heavy atom. The van der Waals surface area contributed by atoms with Gasteiger partial charge in [0.15, 0.2) is 11.6 Å². The molecule has 158 valence electrons. The molecule has 0 heterocycles. The number of benzene rings is 3. The quantitative estimate of drug-likeness (QED) is 0.228. The average molecular weight is 419 g/mol. The van der Waals surface area contributed by atoms with E-state index in [0.717, 1.165) is 29.7 Å². The monoisotopic (exact) mass is 419 g/mol. The standard InChI is InChI=1S/C26H23F2NO2/c1-2-3-4-5-6-18-7-9-19(10-8-18)20-11-13-21(14-12-20)26(30)31-23-16-15-22(17-29)24(27)25(23)28/h7-16H,2-6H2,1H3. The van der Waals surface area contributed by atoms with E-state index < -0.39 is 28.9 Å². The number of ether oxygens (including phenoxy) is 1. The number of hydrogen-bond donors (Lipinski definition) is 0. The zero-order valence-corrected chi connectivity index (χ0v) is 17.3. The van der Waals surface area contributed by atoms with E-state index in [-0.39, 0.29) is 5.56 Å². The van der Waals surface area contributed by atoms with Crippen LogP contribution in [0.5, 0.6) is 5.75 Å². The van der Waals surface area contributed by atoms with Gasteiger partial charge in [0, 0.05) is 0 Å². The van der Waals surface area contributed by atoms with Gasteiger partial charge in [0.25, 0.3) is 0 Å². The Morgan fingerprint density at radius 2 is 1.52 bits per heavy atom. The van der Waals surface area contributed by atoms with Gasteiger partial charge < -0.3 is 4.74 Å². The van der Waals surface area contributed by atoms with Crippen LogP contribution >= 0.6 is 0 Å². The molecule has 0 aliphatic rings. The lowest BCUT2D eigenvalue weighted by molar-refractivity contribution is 0.0726. The molecule has 3 nitrogen and oxygen atoms in total. The number of rotatable bonds is 8. The van der Waals surface area contributed by atoms with Crippen LogP contribution in [-0.4, -0.2) is 5.97 Å². The summed E-state index contributed by atoms with van der Waals surface area (Å²) >= 11 is 0. The molecule has 3 aromatic carbocycles. The molecule has 0 bridgehead atoms. The zero-order valence-electron chi connectivity index (χ0n) is 17.3. The van der Waals surface area contributed by atoms with Crippen molar-refractivity contribution in [3.8, 4) is 22.9 Å². The number of nitriles is 1. The Labute approximate surface area is 180 Å². The van der Waals surface area contributed by atoms with Crippen LogP contribution < -0.4 is 4.74 Å². The van der Waals surface area contributed by atoms with Crippen molar-refractivity contribution in [3.05, 3.63) is 89.0 Å². The van der Waals surface area contributed by atoms with Crippen molar-refractivity contribution in [1.29, 1.82) is 5.26 Å². The molecular weight excluding hydrogens is 396 g/mol. The third-order valence-corrected chi connectivity index (χ3v) is 5.10. The van der Waals surface area contributed by atoms with E-state index in [1.165, 1.54) is 37.3 Å². The van der Waals surface area contributed by atoms with Crippen LogP contribution in [0.15, 0.2) is 60.7 Å². The summed E-state index contributed by atoms with van der Waals surface area (Å²) in [6, 6.07) is 18.7. The van der Waals surface area contributed by atoms with Gasteiger partial charge in [0.05, 0.1) is 11.1 Å². The first-order valence-corrected chi connectivity index (χ1v) is 10.3. The molecule has 0 N–H and O–H groups in total. The fourth-order valence-electron chi connectivity index (χ4n) is 3.27. The van der Waals surface area contributed by atoms with Crippen molar-refractivity contribution in [2.75, 3.05) is 0 Å². The Balaban J connectivity index is 1.65. The van der Waals surface area contributed by atoms with Crippen LogP contribution in [0.4, 0.5) is 8.78 Å². The molecule has 3 aromatic rings. The number of carbonyl (C=O) groups excluding carboxylic acids is 1. The maximum absolute atomic E-state index is 14.0. The van der Waals surface area contributed by atoms with E-state index in [0.29, 0.717) is 0 Å². The van der Waals surface area contributed by atoms with Gasteiger partial charge >= 0.3 is 5.97 Å². The van der Waals surface area contributed by atoms with E-state index in [1.54, 1.807) is 24.3 Å². The summed E-state index contributed by atoms with van der Waals surface area (Å²) in [4.78, 5) is 12.3. The van der Waals surface area contributed by atoms with E-state index in [2.05, 4.69) is 31.2 Å². The molecule has 5 heteroatoms. The fraction of sp³-hybridized carbons (Fsp3) is 0.231. The summed E-state index contributed by atoms with van der Waals surface area (Å²) in [5, 5.41) is 8.72. The number of unbranched alkanes of at least 4 members (excludes halogenated alkanes) is 3. The average Bonchev–Trinajstić information content (AvgIpc) is 2.80. The highest BCUT2D eigenvalue weighted by atomic mass is 19.2. The topological polar surface area (TPSA) is 50.1 Å². The van der Waals surface area contributed by atoms with Crippen LogP contribution in [0.1, 0.15) is 54.1 Å². The van der Waals surface area contributed by atoms with Gasteiger partial charge in [-0.15, -0.1) is 0 Å². The Hall–Kier alpha value is -3.52. The summed E-state index contributed by atoms with van der Waals surface area (Å²) in [6.45, 7) is 2.20. The minimum atomic E-state index is -1.36. The lowest BCUT2D eigenvalue weighted by Gasteiger charge is -2.08. The molecule has 0 aromatic heterocycles. The molecule has 0 fully saturated rings. The third-order valence-electron chi connectivity index (χ3n) is 5.10. The number of nitrogens with zero attached hydrogens (tertiary/aromatic N) is 1. The summed E-state index contributed by atoms with van der Waals surface area (Å²) < 4.78 is 32.6. The third kappa shape index (κ3) is 5.55. The Morgan fingerprint density at radius 1 is 0.871 bits per heavy atom. The highest BCUT2D eigenvalue weighted by Gasteiger charge is 2.18. The first-order valence-electron chi connectivity index (χ1n) is 10.3. The first-order chi connectivity index (χ1) is 15.0. The SMILES string of the molecule is CCCCCCc1ccc(-c2ccc(C(=O)Oc3ccc(C#N)c(F)c3F)cc2)cc1. The largest absolute Gasteiger partial charge is 0.420 e. The molecular formula is C26H23F2NO2. The predicted octanol–water partition coefficient (Wildman–Crippen LogP) is 6.85. The van der Waals surface area contributed by atoms with Crippen molar-refractivity contribution < 1.29 is 18.3 Å². The predicted molar refractivity (Wildman–Crippen MR) is 116 cm³/mol. The van der Waals surface area contributed by atoms with Gasteiger partial charge in [-0.3, -0.25) is 0 Å². The molecule has 0 radical (unpaired) electrons. The lowest BCUT2D eigenvalue weighted by Crippen LogP contribution is -2.10. The molecule has 0 aliphatic heterocycles. The van der Waals surface area contributed by atoms with Crippen molar-refractivity contribution in [3.63, 3.8) is 0 Å². The van der Waals surface area contributed by atoms with Crippen LogP contribution in [0, 0.1) is 23.0 Å². The molecule has 0 spiro atoms. The maximum atomic E-state index is 14.0. The lowest BCUT2D eigenvalue weighted by atomic mass is 10.0. The smallest absolute Gasteiger partial charge is 0.343 e. The second-order valence-corrected chi connectivity index (χ2v) is 7.33. The van der Waals surface area contributed by atoms with Gasteiger partial charge in [-0.1, -0.05) is 62.6 Å². The minimum absolute atomic E-state index is 0.209. The van der Waals surface area contributed by atoms with E-state index >= 15 is 0 Å². The molecule has 31 heavy (non-hydrogen) atoms. The first kappa shape index (κ1) is 22.2. The highest BCUT2D eigenvalue weighted by Crippen LogP contribution is 2.25. The minimum Gasteiger partial charge on any atom is -0.420 e. The van der Waals surface area contributed by atoms with Gasteiger partial charge in [-0.25, -0.2) is 9.18 Å². The van der Waals surface area contributed by atoms with E-state index in [1.807, 2.05) is 0 Å². The summed E-state index contributed by atoms with van der Waals surface area (Å²) in [7, 11) is 0. The van der Waals surface area contributed by atoms with E-state index in [4.69, 9.17) is 10.00 Å². The maximum Gasteiger partial charge on any atom is 0.343 e. The Kier molecular flexibility index (Phi) is 7.50. The second kappa shape index (κ2) is 10.5. The van der Waals surface area contributed by atoms with Crippen molar-refractivity contribution in [2.24, 2.45) is 0 Å². The van der Waals surface area contributed by atoms with E-state index in [9.17, 15) is 13.6 Å². The summed E-state index contributed by atoms with van der Waals surface area (Å²) in [6.07, 6.45) is 5.99. The molecule has 0 aliphatic carbocycles. The second-order valence-electron chi connectivity index (χ2n) is 7.33. The molecule has 0 atom stereocenters. The number of hydrogen-bond acceptors (Lipinski definition) is 3.